The molecule has 0 bridgehead atoms. The minimum absolute atomic E-state index is 0.182. The number of nitrogens with two attached hydrogens (primary N) is 1. The van der Waals surface area contributed by atoms with Crippen molar-refractivity contribution in [2.45, 2.75) is 12.1 Å². The molecule has 6 heteroatoms. The van der Waals surface area contributed by atoms with Crippen LogP contribution < -0.4 is 15.4 Å². The number of benzene rings is 1. The third kappa shape index (κ3) is 2.38. The molecule has 1 heterocycles. The molecule has 3 nitrogen and oxygen atoms in total. The summed E-state index contributed by atoms with van der Waals surface area (Å²) in [5, 5.41) is 0. The molecule has 2 rings (SSSR count). The van der Waals surface area contributed by atoms with Gasteiger partial charge in [-0.15, -0.1) is 0 Å². The molecule has 1 aromatic carbocycles. The maximum atomic E-state index is 12.8. The molecular weight excluding hydrogens is 245 g/mol. The average molecular weight is 260 g/mol. The summed E-state index contributed by atoms with van der Waals surface area (Å²) < 4.78 is 43.8. The maximum Gasteiger partial charge on any atom is 0.396 e. The van der Waals surface area contributed by atoms with E-state index in [0.29, 0.717) is 24.6 Å². The van der Waals surface area contributed by atoms with Gasteiger partial charge in [0, 0.05) is 13.6 Å². The van der Waals surface area contributed by atoms with Gasteiger partial charge in [-0.3, -0.25) is 0 Å². The molecule has 1 unspecified atom stereocenters. The molecule has 0 amide bonds. The van der Waals surface area contributed by atoms with Gasteiger partial charge in [0.1, 0.15) is 12.4 Å². The SMILES string of the molecule is CN1CCOc2ccc(C(CN)C(F)(F)F)cc21. The first kappa shape index (κ1) is 13.0. The summed E-state index contributed by atoms with van der Waals surface area (Å²) >= 11 is 0. The molecule has 0 aromatic heterocycles. The quantitative estimate of drug-likeness (QED) is 0.885. The van der Waals surface area contributed by atoms with Crippen LogP contribution in [0.1, 0.15) is 11.5 Å². The lowest BCUT2D eigenvalue weighted by Gasteiger charge is -2.29. The minimum atomic E-state index is -4.32. The van der Waals surface area contributed by atoms with E-state index in [1.807, 2.05) is 11.9 Å². The molecule has 1 aromatic rings. The third-order valence-corrected chi connectivity index (χ3v) is 3.11. The summed E-state index contributed by atoms with van der Waals surface area (Å²) in [6.07, 6.45) is -4.32. The van der Waals surface area contributed by atoms with Crippen molar-refractivity contribution < 1.29 is 17.9 Å². The van der Waals surface area contributed by atoms with Crippen molar-refractivity contribution in [1.82, 2.24) is 0 Å². The fourth-order valence-corrected chi connectivity index (χ4v) is 2.04. The van der Waals surface area contributed by atoms with E-state index >= 15 is 0 Å². The fraction of sp³-hybridized carbons (Fsp3) is 0.500. The van der Waals surface area contributed by atoms with E-state index in [9.17, 15) is 13.2 Å². The van der Waals surface area contributed by atoms with Crippen LogP contribution in [0.4, 0.5) is 18.9 Å². The van der Waals surface area contributed by atoms with Crippen LogP contribution in [-0.2, 0) is 0 Å². The lowest BCUT2D eigenvalue weighted by Crippen LogP contribution is -2.31. The van der Waals surface area contributed by atoms with E-state index in [4.69, 9.17) is 10.5 Å². The monoisotopic (exact) mass is 260 g/mol. The molecule has 1 aliphatic rings. The van der Waals surface area contributed by atoms with Crippen LogP contribution in [0.5, 0.6) is 5.75 Å². The Balaban J connectivity index is 2.38. The van der Waals surface area contributed by atoms with Gasteiger partial charge in [0.15, 0.2) is 0 Å². The van der Waals surface area contributed by atoms with Gasteiger partial charge in [-0.2, -0.15) is 13.2 Å². The number of anilines is 1. The summed E-state index contributed by atoms with van der Waals surface area (Å²) in [6.45, 7) is 0.755. The molecule has 0 fully saturated rings. The van der Waals surface area contributed by atoms with Gasteiger partial charge in [0.25, 0.3) is 0 Å². The van der Waals surface area contributed by atoms with Gasteiger partial charge < -0.3 is 15.4 Å². The first-order valence-corrected chi connectivity index (χ1v) is 5.68. The second-order valence-corrected chi connectivity index (χ2v) is 4.33. The zero-order chi connectivity index (χ0) is 13.3. The van der Waals surface area contributed by atoms with Gasteiger partial charge in [-0.05, 0) is 17.7 Å². The summed E-state index contributed by atoms with van der Waals surface area (Å²) in [5.41, 5.74) is 6.10. The molecule has 0 saturated heterocycles. The first-order valence-electron chi connectivity index (χ1n) is 5.68. The highest BCUT2D eigenvalue weighted by Crippen LogP contribution is 2.38. The van der Waals surface area contributed by atoms with Crippen LogP contribution in [-0.4, -0.2) is 32.9 Å². The van der Waals surface area contributed by atoms with Gasteiger partial charge in [-0.1, -0.05) is 6.07 Å². The predicted octanol–water partition coefficient (Wildman–Crippen LogP) is 2.12. The number of alkyl halides is 3. The molecule has 1 atom stereocenters. The second-order valence-electron chi connectivity index (χ2n) is 4.33. The van der Waals surface area contributed by atoms with Crippen LogP contribution in [0, 0.1) is 0 Å². The molecule has 18 heavy (non-hydrogen) atoms. The fourth-order valence-electron chi connectivity index (χ4n) is 2.04. The number of halogens is 3. The van der Waals surface area contributed by atoms with Crippen molar-refractivity contribution in [3.05, 3.63) is 23.8 Å². The van der Waals surface area contributed by atoms with Gasteiger partial charge >= 0.3 is 6.18 Å². The highest BCUT2D eigenvalue weighted by Gasteiger charge is 2.40. The van der Waals surface area contributed by atoms with Crippen molar-refractivity contribution in [1.29, 1.82) is 0 Å². The van der Waals surface area contributed by atoms with Gasteiger partial charge in [0.05, 0.1) is 18.2 Å². The maximum absolute atomic E-state index is 12.8. The molecule has 2 N–H and O–H groups in total. The summed E-state index contributed by atoms with van der Waals surface area (Å²) in [6, 6.07) is 4.53. The lowest BCUT2D eigenvalue weighted by atomic mass is 9.97. The normalized spacial score (nSPS) is 17.1. The molecule has 0 aliphatic carbocycles. The van der Waals surface area contributed by atoms with Crippen molar-refractivity contribution in [3.63, 3.8) is 0 Å². The van der Waals surface area contributed by atoms with Crippen LogP contribution in [0.3, 0.4) is 0 Å². The standard InChI is InChI=1S/C12H15F3N2O/c1-17-4-5-18-11-3-2-8(6-10(11)17)9(7-16)12(13,14)15/h2-3,6,9H,4-5,7,16H2,1H3. The number of hydrogen-bond acceptors (Lipinski definition) is 3. The Labute approximate surface area is 103 Å². The Hall–Kier alpha value is -1.43. The van der Waals surface area contributed by atoms with Crippen molar-refractivity contribution in [2.75, 3.05) is 31.6 Å². The Morgan fingerprint density at radius 3 is 2.78 bits per heavy atom. The number of likely N-dealkylation sites (N-methyl/N-ethyl adjacent to an activating group) is 1. The minimum Gasteiger partial charge on any atom is -0.490 e. The molecule has 100 valence electrons. The molecule has 0 saturated carbocycles. The Morgan fingerprint density at radius 2 is 2.17 bits per heavy atom. The number of ether oxygens (including phenoxy) is 1. The van der Waals surface area contributed by atoms with E-state index in [1.54, 1.807) is 6.07 Å². The van der Waals surface area contributed by atoms with Crippen LogP contribution in [0.25, 0.3) is 0 Å². The zero-order valence-electron chi connectivity index (χ0n) is 10.00. The highest BCUT2D eigenvalue weighted by atomic mass is 19.4. The second kappa shape index (κ2) is 4.68. The van der Waals surface area contributed by atoms with E-state index in [0.717, 1.165) is 0 Å². The van der Waals surface area contributed by atoms with E-state index in [2.05, 4.69) is 0 Å². The largest absolute Gasteiger partial charge is 0.490 e. The van der Waals surface area contributed by atoms with E-state index < -0.39 is 18.6 Å². The van der Waals surface area contributed by atoms with Crippen LogP contribution in [0.15, 0.2) is 18.2 Å². The number of rotatable bonds is 2. The van der Waals surface area contributed by atoms with Crippen molar-refractivity contribution in [2.24, 2.45) is 5.73 Å². The first-order chi connectivity index (χ1) is 8.43. The van der Waals surface area contributed by atoms with Gasteiger partial charge in [0.2, 0.25) is 0 Å². The highest BCUT2D eigenvalue weighted by molar-refractivity contribution is 5.61. The van der Waals surface area contributed by atoms with E-state index in [1.165, 1.54) is 12.1 Å². The smallest absolute Gasteiger partial charge is 0.396 e. The molecular formula is C12H15F3N2O. The molecule has 0 radical (unpaired) electrons. The Bertz CT molecular complexity index is 434. The lowest BCUT2D eigenvalue weighted by molar-refractivity contribution is -0.148. The van der Waals surface area contributed by atoms with Gasteiger partial charge in [-0.25, -0.2) is 0 Å². The predicted molar refractivity (Wildman–Crippen MR) is 63.1 cm³/mol. The summed E-state index contributed by atoms with van der Waals surface area (Å²) in [5.74, 6) is -1.01. The summed E-state index contributed by atoms with van der Waals surface area (Å²) in [7, 11) is 1.83. The summed E-state index contributed by atoms with van der Waals surface area (Å²) in [4.78, 5) is 1.88. The molecule has 1 aliphatic heterocycles. The third-order valence-electron chi connectivity index (χ3n) is 3.11. The van der Waals surface area contributed by atoms with Crippen molar-refractivity contribution >= 4 is 5.69 Å². The average Bonchev–Trinajstić information content (AvgIpc) is 2.29. The number of hydrogen-bond donors (Lipinski definition) is 1. The van der Waals surface area contributed by atoms with E-state index in [-0.39, 0.29) is 5.56 Å². The Kier molecular flexibility index (Phi) is 3.38. The Morgan fingerprint density at radius 1 is 1.44 bits per heavy atom. The zero-order valence-corrected chi connectivity index (χ0v) is 10.00. The van der Waals surface area contributed by atoms with Crippen LogP contribution >= 0.6 is 0 Å². The molecule has 0 spiro atoms. The van der Waals surface area contributed by atoms with Crippen LogP contribution in [0.2, 0.25) is 0 Å². The topological polar surface area (TPSA) is 38.5 Å². The van der Waals surface area contributed by atoms with Crippen molar-refractivity contribution in [3.8, 4) is 5.75 Å². The number of fused-ring (bicyclic) bond motifs is 1. The number of nitrogens with zero attached hydrogens (tertiary/aromatic N) is 1.